The maximum absolute atomic E-state index is 13.1. The second-order valence-corrected chi connectivity index (χ2v) is 4.97. The van der Waals surface area contributed by atoms with Crippen molar-refractivity contribution < 1.29 is 23.6 Å². The number of carbonyl (C=O) groups is 1. The van der Waals surface area contributed by atoms with Crippen LogP contribution in [0.3, 0.4) is 0 Å². The second kappa shape index (κ2) is 7.14. The van der Waals surface area contributed by atoms with Crippen LogP contribution in [-0.4, -0.2) is 25.1 Å². The molecule has 0 bridgehead atoms. The van der Waals surface area contributed by atoms with Crippen LogP contribution in [-0.2, 0) is 0 Å². The number of rotatable bonds is 5. The average Bonchev–Trinajstić information content (AvgIpc) is 2.56. The van der Waals surface area contributed by atoms with E-state index in [1.54, 1.807) is 0 Å². The molecular formula is C15H12ClFN2O5. The van der Waals surface area contributed by atoms with Gasteiger partial charge in [0.2, 0.25) is 0 Å². The molecule has 126 valence electrons. The number of halogens is 2. The van der Waals surface area contributed by atoms with E-state index in [-0.39, 0.29) is 27.8 Å². The highest BCUT2D eigenvalue weighted by molar-refractivity contribution is 6.31. The molecule has 2 rings (SSSR count). The van der Waals surface area contributed by atoms with Crippen LogP contribution in [0.4, 0.5) is 15.8 Å². The summed E-state index contributed by atoms with van der Waals surface area (Å²) in [7, 11) is 2.66. The number of ether oxygens (including phenoxy) is 2. The van der Waals surface area contributed by atoms with E-state index in [2.05, 4.69) is 5.32 Å². The van der Waals surface area contributed by atoms with Gasteiger partial charge in [-0.2, -0.15) is 0 Å². The molecule has 0 saturated heterocycles. The third-order valence-corrected chi connectivity index (χ3v) is 3.41. The Balaban J connectivity index is 2.43. The number of nitro benzene ring substituents is 1. The molecule has 0 unspecified atom stereocenters. The monoisotopic (exact) mass is 354 g/mol. The smallest absolute Gasteiger partial charge is 0.286 e. The van der Waals surface area contributed by atoms with Crippen LogP contribution >= 0.6 is 11.6 Å². The summed E-state index contributed by atoms with van der Waals surface area (Å²) < 4.78 is 23.2. The van der Waals surface area contributed by atoms with Crippen molar-refractivity contribution in [3.8, 4) is 11.5 Å². The van der Waals surface area contributed by atoms with Crippen molar-refractivity contribution in [2.75, 3.05) is 19.5 Å². The number of carbonyl (C=O) groups excluding carboxylic acids is 1. The highest BCUT2D eigenvalue weighted by atomic mass is 35.5. The number of nitrogens with zero attached hydrogens (tertiary/aromatic N) is 1. The highest BCUT2D eigenvalue weighted by Crippen LogP contribution is 2.35. The highest BCUT2D eigenvalue weighted by Gasteiger charge is 2.24. The standard InChI is InChI=1S/C15H12ClFN2O5/c1-23-13-6-9(12(19(21)22)7-14(13)24-2)15(20)18-8-3-4-11(17)10(16)5-8/h3-7H,1-2H3,(H,18,20). The van der Waals surface area contributed by atoms with Crippen LogP contribution in [0.5, 0.6) is 11.5 Å². The minimum absolute atomic E-state index is 0.116. The molecule has 0 spiro atoms. The lowest BCUT2D eigenvalue weighted by Gasteiger charge is -2.11. The lowest BCUT2D eigenvalue weighted by atomic mass is 10.1. The van der Waals surface area contributed by atoms with Crippen LogP contribution in [0.25, 0.3) is 0 Å². The SMILES string of the molecule is COc1cc(C(=O)Nc2ccc(F)c(Cl)c2)c([N+](=O)[O-])cc1OC. The topological polar surface area (TPSA) is 90.7 Å². The molecular weight excluding hydrogens is 343 g/mol. The summed E-state index contributed by atoms with van der Waals surface area (Å²) in [4.78, 5) is 22.8. The van der Waals surface area contributed by atoms with E-state index in [4.69, 9.17) is 21.1 Å². The largest absolute Gasteiger partial charge is 0.493 e. The van der Waals surface area contributed by atoms with E-state index in [1.165, 1.54) is 32.4 Å². The Hall–Kier alpha value is -2.87. The number of hydrogen-bond acceptors (Lipinski definition) is 5. The van der Waals surface area contributed by atoms with Crippen LogP contribution in [0, 0.1) is 15.9 Å². The summed E-state index contributed by atoms with van der Waals surface area (Å²) in [6.45, 7) is 0. The molecule has 2 aromatic carbocycles. The molecule has 0 saturated carbocycles. The van der Waals surface area contributed by atoms with Crippen molar-refractivity contribution in [2.24, 2.45) is 0 Å². The van der Waals surface area contributed by atoms with Gasteiger partial charge < -0.3 is 14.8 Å². The molecule has 0 aliphatic heterocycles. The van der Waals surface area contributed by atoms with Gasteiger partial charge in [0.1, 0.15) is 11.4 Å². The molecule has 1 N–H and O–H groups in total. The van der Waals surface area contributed by atoms with Crippen LogP contribution in [0.2, 0.25) is 5.02 Å². The van der Waals surface area contributed by atoms with E-state index in [1.807, 2.05) is 0 Å². The summed E-state index contributed by atoms with van der Waals surface area (Å²) in [6.07, 6.45) is 0. The molecule has 24 heavy (non-hydrogen) atoms. The van der Waals surface area contributed by atoms with Crippen molar-refractivity contribution in [3.63, 3.8) is 0 Å². The first kappa shape index (κ1) is 17.5. The zero-order valence-electron chi connectivity index (χ0n) is 12.6. The summed E-state index contributed by atoms with van der Waals surface area (Å²) >= 11 is 5.64. The summed E-state index contributed by atoms with van der Waals surface area (Å²) in [5.41, 5.74) is -0.507. The van der Waals surface area contributed by atoms with Gasteiger partial charge in [-0.15, -0.1) is 0 Å². The first-order chi connectivity index (χ1) is 11.4. The molecule has 0 aliphatic carbocycles. The number of benzene rings is 2. The normalized spacial score (nSPS) is 10.2. The zero-order valence-corrected chi connectivity index (χ0v) is 13.4. The molecule has 9 heteroatoms. The first-order valence-corrected chi connectivity index (χ1v) is 6.92. The van der Waals surface area contributed by atoms with Gasteiger partial charge in [-0.05, 0) is 18.2 Å². The molecule has 0 radical (unpaired) electrons. The molecule has 0 heterocycles. The fraction of sp³-hybridized carbons (Fsp3) is 0.133. The van der Waals surface area contributed by atoms with E-state index < -0.39 is 22.3 Å². The lowest BCUT2D eigenvalue weighted by Crippen LogP contribution is -2.14. The Bertz CT molecular complexity index is 813. The minimum atomic E-state index is -0.773. The lowest BCUT2D eigenvalue weighted by molar-refractivity contribution is -0.385. The Morgan fingerprint density at radius 2 is 1.83 bits per heavy atom. The molecule has 1 amide bonds. The first-order valence-electron chi connectivity index (χ1n) is 6.54. The van der Waals surface area contributed by atoms with Gasteiger partial charge in [0, 0.05) is 11.8 Å². The minimum Gasteiger partial charge on any atom is -0.493 e. The Labute approximate surface area is 141 Å². The maximum Gasteiger partial charge on any atom is 0.286 e. The average molecular weight is 355 g/mol. The number of nitro groups is 1. The summed E-state index contributed by atoms with van der Waals surface area (Å²) in [6, 6.07) is 5.83. The van der Waals surface area contributed by atoms with Crippen molar-refractivity contribution in [1.29, 1.82) is 0 Å². The Kier molecular flexibility index (Phi) is 5.20. The number of nitrogens with one attached hydrogen (secondary N) is 1. The van der Waals surface area contributed by atoms with Crippen LogP contribution < -0.4 is 14.8 Å². The van der Waals surface area contributed by atoms with Gasteiger partial charge in [-0.1, -0.05) is 11.6 Å². The molecule has 0 aliphatic rings. The van der Waals surface area contributed by atoms with Gasteiger partial charge in [0.15, 0.2) is 11.5 Å². The van der Waals surface area contributed by atoms with E-state index in [0.717, 1.165) is 12.1 Å². The fourth-order valence-electron chi connectivity index (χ4n) is 1.97. The van der Waals surface area contributed by atoms with E-state index >= 15 is 0 Å². The van der Waals surface area contributed by atoms with Crippen molar-refractivity contribution >= 4 is 28.9 Å². The zero-order chi connectivity index (χ0) is 17.9. The van der Waals surface area contributed by atoms with Crippen LogP contribution in [0.15, 0.2) is 30.3 Å². The van der Waals surface area contributed by atoms with Crippen molar-refractivity contribution in [3.05, 3.63) is 56.8 Å². The third-order valence-electron chi connectivity index (χ3n) is 3.12. The summed E-state index contributed by atoms with van der Waals surface area (Å²) in [5.74, 6) is -1.15. The molecule has 0 aromatic heterocycles. The maximum atomic E-state index is 13.1. The van der Waals surface area contributed by atoms with Gasteiger partial charge in [0.25, 0.3) is 11.6 Å². The number of hydrogen-bond donors (Lipinski definition) is 1. The van der Waals surface area contributed by atoms with Crippen molar-refractivity contribution in [1.82, 2.24) is 0 Å². The Morgan fingerprint density at radius 1 is 1.21 bits per heavy atom. The van der Waals surface area contributed by atoms with E-state index in [0.29, 0.717) is 0 Å². The molecule has 2 aromatic rings. The summed E-state index contributed by atoms with van der Waals surface area (Å²) in [5, 5.41) is 13.4. The molecule has 7 nitrogen and oxygen atoms in total. The van der Waals surface area contributed by atoms with Crippen molar-refractivity contribution in [2.45, 2.75) is 0 Å². The van der Waals surface area contributed by atoms with Gasteiger partial charge in [-0.25, -0.2) is 4.39 Å². The number of amides is 1. The predicted molar refractivity (Wildman–Crippen MR) is 85.6 cm³/mol. The van der Waals surface area contributed by atoms with E-state index in [9.17, 15) is 19.3 Å². The molecule has 0 fully saturated rings. The van der Waals surface area contributed by atoms with Gasteiger partial charge in [-0.3, -0.25) is 14.9 Å². The Morgan fingerprint density at radius 3 is 2.38 bits per heavy atom. The predicted octanol–water partition coefficient (Wildman–Crippen LogP) is 3.66. The fourth-order valence-corrected chi connectivity index (χ4v) is 2.15. The van der Waals surface area contributed by atoms with Gasteiger partial charge >= 0.3 is 0 Å². The van der Waals surface area contributed by atoms with Crippen LogP contribution in [0.1, 0.15) is 10.4 Å². The molecule has 0 atom stereocenters. The number of methoxy groups -OCH3 is 2. The third kappa shape index (κ3) is 3.54. The number of anilines is 1. The van der Waals surface area contributed by atoms with Gasteiger partial charge in [0.05, 0.1) is 30.2 Å². The second-order valence-electron chi connectivity index (χ2n) is 4.56. The quantitative estimate of drug-likeness (QED) is 0.653.